The van der Waals surface area contributed by atoms with E-state index in [9.17, 15) is 4.79 Å². The second-order valence-corrected chi connectivity index (χ2v) is 5.64. The van der Waals surface area contributed by atoms with Gasteiger partial charge in [-0.2, -0.15) is 5.10 Å². The van der Waals surface area contributed by atoms with Crippen molar-refractivity contribution in [3.8, 4) is 5.75 Å². The van der Waals surface area contributed by atoms with Gasteiger partial charge in [-0.05, 0) is 6.92 Å². The van der Waals surface area contributed by atoms with Gasteiger partial charge >= 0.3 is 0 Å². The van der Waals surface area contributed by atoms with E-state index in [2.05, 4.69) is 20.4 Å². The third kappa shape index (κ3) is 3.59. The van der Waals surface area contributed by atoms with Crippen molar-refractivity contribution in [1.82, 2.24) is 25.1 Å². The molecule has 0 aliphatic carbocycles. The lowest BCUT2D eigenvalue weighted by molar-refractivity contribution is 0.0899. The molecule has 1 fully saturated rings. The molecule has 0 aromatic carbocycles. The second-order valence-electron chi connectivity index (χ2n) is 5.24. The molecule has 0 radical (unpaired) electrons. The monoisotopic (exact) mass is 337 g/mol. The lowest BCUT2D eigenvalue weighted by Gasteiger charge is -2.19. The molecule has 1 saturated heterocycles. The number of halogens is 1. The van der Waals surface area contributed by atoms with Gasteiger partial charge in [0.05, 0.1) is 42.9 Å². The van der Waals surface area contributed by atoms with Crippen molar-refractivity contribution in [3.05, 3.63) is 35.1 Å². The Hall–Kier alpha value is -2.19. The van der Waals surface area contributed by atoms with Gasteiger partial charge in [0.2, 0.25) is 0 Å². The van der Waals surface area contributed by atoms with Crippen LogP contribution in [0.3, 0.4) is 0 Å². The normalized spacial score (nSPS) is 20.5. The number of amides is 1. The van der Waals surface area contributed by atoms with Crippen molar-refractivity contribution in [2.75, 3.05) is 13.2 Å². The van der Waals surface area contributed by atoms with Crippen LogP contribution in [0.2, 0.25) is 5.02 Å². The van der Waals surface area contributed by atoms with Gasteiger partial charge in [0.25, 0.3) is 5.91 Å². The van der Waals surface area contributed by atoms with Crippen LogP contribution in [0.15, 0.2) is 18.6 Å². The van der Waals surface area contributed by atoms with Crippen LogP contribution in [0, 0.1) is 6.92 Å². The first-order valence-corrected chi connectivity index (χ1v) is 7.44. The average molecular weight is 338 g/mol. The quantitative estimate of drug-likeness (QED) is 0.885. The first-order chi connectivity index (χ1) is 11.0. The fourth-order valence-electron chi connectivity index (χ4n) is 2.27. The molecule has 2 aromatic rings. The van der Waals surface area contributed by atoms with Crippen LogP contribution < -0.4 is 10.1 Å². The zero-order valence-electron chi connectivity index (χ0n) is 12.7. The van der Waals surface area contributed by atoms with Crippen molar-refractivity contribution < 1.29 is 14.3 Å². The number of ether oxygens (including phenoxy) is 2. The predicted molar refractivity (Wildman–Crippen MR) is 81.5 cm³/mol. The largest absolute Gasteiger partial charge is 0.482 e. The highest BCUT2D eigenvalue weighted by atomic mass is 35.5. The predicted octanol–water partition coefficient (Wildman–Crippen LogP) is 0.748. The second kappa shape index (κ2) is 6.51. The molecule has 2 atom stereocenters. The Kier molecular flexibility index (Phi) is 4.44. The fraction of sp³-hybridized carbons (Fsp3) is 0.429. The number of carbonyl (C=O) groups is 1. The van der Waals surface area contributed by atoms with E-state index in [0.29, 0.717) is 24.8 Å². The van der Waals surface area contributed by atoms with Gasteiger partial charge < -0.3 is 14.8 Å². The smallest absolute Gasteiger partial charge is 0.272 e. The molecule has 0 spiro atoms. The third-order valence-corrected chi connectivity index (χ3v) is 3.67. The number of carbonyl (C=O) groups excluding carboxylic acids is 1. The SMILES string of the molecule is Cc1ncc(Cl)c(C(=O)N[C@H]2COC[C@H]2Oc2cnn(C)c2)n1. The molecule has 0 bridgehead atoms. The first-order valence-electron chi connectivity index (χ1n) is 7.06. The molecule has 3 rings (SSSR count). The molecular formula is C14H16ClN5O3. The minimum absolute atomic E-state index is 0.145. The molecule has 1 amide bonds. The molecule has 8 nitrogen and oxygen atoms in total. The summed E-state index contributed by atoms with van der Waals surface area (Å²) in [6.45, 7) is 2.44. The number of aromatic nitrogens is 4. The van der Waals surface area contributed by atoms with Gasteiger partial charge in [-0.25, -0.2) is 9.97 Å². The minimum Gasteiger partial charge on any atom is -0.482 e. The van der Waals surface area contributed by atoms with Crippen molar-refractivity contribution in [1.29, 1.82) is 0 Å². The Balaban J connectivity index is 1.68. The van der Waals surface area contributed by atoms with Crippen LogP contribution in [0.5, 0.6) is 5.75 Å². The lowest BCUT2D eigenvalue weighted by atomic mass is 10.2. The third-order valence-electron chi connectivity index (χ3n) is 3.39. The molecule has 1 N–H and O–H groups in total. The molecule has 23 heavy (non-hydrogen) atoms. The van der Waals surface area contributed by atoms with E-state index in [0.717, 1.165) is 0 Å². The number of aryl methyl sites for hydroxylation is 2. The van der Waals surface area contributed by atoms with E-state index in [1.807, 2.05) is 0 Å². The Labute approximate surface area is 137 Å². The van der Waals surface area contributed by atoms with Gasteiger partial charge in [0.1, 0.15) is 17.6 Å². The summed E-state index contributed by atoms with van der Waals surface area (Å²) in [4.78, 5) is 20.4. The van der Waals surface area contributed by atoms with Gasteiger partial charge in [0.15, 0.2) is 5.75 Å². The van der Waals surface area contributed by atoms with Gasteiger partial charge in [0, 0.05) is 7.05 Å². The first kappa shape index (κ1) is 15.7. The molecule has 3 heterocycles. The minimum atomic E-state index is -0.379. The number of rotatable bonds is 4. The van der Waals surface area contributed by atoms with Crippen LogP contribution >= 0.6 is 11.6 Å². The van der Waals surface area contributed by atoms with Crippen LogP contribution in [0.25, 0.3) is 0 Å². The molecule has 2 aromatic heterocycles. The maximum atomic E-state index is 12.4. The maximum absolute atomic E-state index is 12.4. The highest BCUT2D eigenvalue weighted by Crippen LogP contribution is 2.18. The molecular weight excluding hydrogens is 322 g/mol. The van der Waals surface area contributed by atoms with E-state index in [-0.39, 0.29) is 28.8 Å². The van der Waals surface area contributed by atoms with E-state index in [4.69, 9.17) is 21.1 Å². The molecule has 122 valence electrons. The van der Waals surface area contributed by atoms with Crippen LogP contribution in [0.1, 0.15) is 16.3 Å². The molecule has 0 unspecified atom stereocenters. The Bertz CT molecular complexity index is 720. The van der Waals surface area contributed by atoms with Gasteiger partial charge in [-0.15, -0.1) is 0 Å². The Morgan fingerprint density at radius 2 is 2.30 bits per heavy atom. The number of hydrogen-bond acceptors (Lipinski definition) is 6. The van der Waals surface area contributed by atoms with Crippen molar-refractivity contribution in [2.45, 2.75) is 19.1 Å². The number of nitrogens with zero attached hydrogens (tertiary/aromatic N) is 4. The highest BCUT2D eigenvalue weighted by Gasteiger charge is 2.32. The summed E-state index contributed by atoms with van der Waals surface area (Å²) in [5.74, 6) is 0.722. The molecule has 1 aliphatic heterocycles. The summed E-state index contributed by atoms with van der Waals surface area (Å²) in [7, 11) is 1.80. The standard InChI is InChI=1S/C14H16ClN5O3/c1-8-16-4-10(15)13(18-8)14(21)19-11-6-22-7-12(11)23-9-3-17-20(2)5-9/h3-5,11-12H,6-7H2,1-2H3,(H,19,21)/t11-,12+/m0/s1. The number of hydrogen-bond donors (Lipinski definition) is 1. The van der Waals surface area contributed by atoms with Crippen molar-refractivity contribution in [2.24, 2.45) is 7.05 Å². The van der Waals surface area contributed by atoms with Gasteiger partial charge in [-0.1, -0.05) is 11.6 Å². The summed E-state index contributed by atoms with van der Waals surface area (Å²) in [6.07, 6.45) is 4.47. The van der Waals surface area contributed by atoms with Crippen molar-refractivity contribution >= 4 is 17.5 Å². The van der Waals surface area contributed by atoms with E-state index < -0.39 is 0 Å². The van der Waals surface area contributed by atoms with Crippen LogP contribution in [-0.2, 0) is 11.8 Å². The summed E-state index contributed by atoms with van der Waals surface area (Å²) in [5, 5.41) is 7.10. The zero-order valence-corrected chi connectivity index (χ0v) is 13.4. The molecule has 0 saturated carbocycles. The summed E-state index contributed by atoms with van der Waals surface area (Å²) in [6, 6.07) is -0.297. The van der Waals surface area contributed by atoms with E-state index in [1.54, 1.807) is 31.0 Å². The molecule has 1 aliphatic rings. The fourth-order valence-corrected chi connectivity index (χ4v) is 2.45. The highest BCUT2D eigenvalue weighted by molar-refractivity contribution is 6.33. The van der Waals surface area contributed by atoms with E-state index >= 15 is 0 Å². The maximum Gasteiger partial charge on any atom is 0.272 e. The van der Waals surface area contributed by atoms with Crippen LogP contribution in [0.4, 0.5) is 0 Å². The van der Waals surface area contributed by atoms with Crippen LogP contribution in [-0.4, -0.2) is 51.0 Å². The van der Waals surface area contributed by atoms with E-state index in [1.165, 1.54) is 6.20 Å². The summed E-state index contributed by atoms with van der Waals surface area (Å²) in [5.41, 5.74) is 0.145. The lowest BCUT2D eigenvalue weighted by Crippen LogP contribution is -2.45. The summed E-state index contributed by atoms with van der Waals surface area (Å²) < 4.78 is 12.9. The Morgan fingerprint density at radius 1 is 1.48 bits per heavy atom. The topological polar surface area (TPSA) is 91.2 Å². The number of nitrogens with one attached hydrogen (secondary N) is 1. The molecule has 9 heteroatoms. The Morgan fingerprint density at radius 3 is 3.04 bits per heavy atom. The zero-order chi connectivity index (χ0) is 16.4. The average Bonchev–Trinajstić information content (AvgIpc) is 3.11. The van der Waals surface area contributed by atoms with Crippen molar-refractivity contribution in [3.63, 3.8) is 0 Å². The van der Waals surface area contributed by atoms with Gasteiger partial charge in [-0.3, -0.25) is 9.48 Å². The summed E-state index contributed by atoms with van der Waals surface area (Å²) >= 11 is 5.99.